The Labute approximate surface area is 172 Å². The van der Waals surface area contributed by atoms with Crippen molar-refractivity contribution in [2.24, 2.45) is 0 Å². The van der Waals surface area contributed by atoms with E-state index in [1.54, 1.807) is 13.2 Å². The first-order valence-corrected chi connectivity index (χ1v) is 9.53. The van der Waals surface area contributed by atoms with E-state index in [4.69, 9.17) is 9.47 Å². The second-order valence-corrected chi connectivity index (χ2v) is 6.87. The van der Waals surface area contributed by atoms with Crippen LogP contribution in [0.2, 0.25) is 0 Å². The number of nitrogens with one attached hydrogen (secondary N) is 1. The van der Waals surface area contributed by atoms with E-state index in [1.165, 1.54) is 6.08 Å². The van der Waals surface area contributed by atoms with Crippen LogP contribution in [-0.2, 0) is 11.4 Å². The summed E-state index contributed by atoms with van der Waals surface area (Å²) in [5.41, 5.74) is 2.71. The summed E-state index contributed by atoms with van der Waals surface area (Å²) in [6, 6.07) is 22.9. The first-order chi connectivity index (χ1) is 13.6. The average Bonchev–Trinajstić information content (AvgIpc) is 2.72. The number of methoxy groups -OCH3 is 1. The smallest absolute Gasteiger partial charge is 0.248 e. The molecule has 0 saturated carbocycles. The van der Waals surface area contributed by atoms with E-state index in [-0.39, 0.29) is 5.91 Å². The van der Waals surface area contributed by atoms with E-state index in [0.717, 1.165) is 27.1 Å². The molecule has 0 spiro atoms. The van der Waals surface area contributed by atoms with Gasteiger partial charge in [0.2, 0.25) is 5.91 Å². The standard InChI is InChI=1S/C23H20BrNO3/c1-27-22-13-7-17(15-21(22)24)8-14-23(26)25-19-9-11-20(12-10-19)28-16-18-5-3-2-4-6-18/h2-15H,16H2,1H3,(H,25,26)/b14-8+. The van der Waals surface area contributed by atoms with Gasteiger partial charge < -0.3 is 14.8 Å². The van der Waals surface area contributed by atoms with Crippen molar-refractivity contribution in [2.75, 3.05) is 12.4 Å². The Balaban J connectivity index is 1.53. The highest BCUT2D eigenvalue weighted by molar-refractivity contribution is 9.10. The molecule has 0 bridgehead atoms. The van der Waals surface area contributed by atoms with Crippen LogP contribution < -0.4 is 14.8 Å². The van der Waals surface area contributed by atoms with Gasteiger partial charge in [-0.15, -0.1) is 0 Å². The van der Waals surface area contributed by atoms with Crippen molar-refractivity contribution in [1.29, 1.82) is 0 Å². The molecule has 5 heteroatoms. The Kier molecular flexibility index (Phi) is 6.87. The summed E-state index contributed by atoms with van der Waals surface area (Å²) in [5.74, 6) is 1.29. The number of hydrogen-bond acceptors (Lipinski definition) is 3. The third kappa shape index (κ3) is 5.72. The fraction of sp³-hybridized carbons (Fsp3) is 0.0870. The highest BCUT2D eigenvalue weighted by Gasteiger charge is 2.02. The molecule has 0 unspecified atom stereocenters. The van der Waals surface area contributed by atoms with Gasteiger partial charge in [-0.1, -0.05) is 36.4 Å². The number of amides is 1. The molecule has 28 heavy (non-hydrogen) atoms. The molecule has 0 radical (unpaired) electrons. The zero-order valence-corrected chi connectivity index (χ0v) is 17.0. The van der Waals surface area contributed by atoms with E-state index in [0.29, 0.717) is 12.3 Å². The maximum absolute atomic E-state index is 12.1. The molecular weight excluding hydrogens is 418 g/mol. The second-order valence-electron chi connectivity index (χ2n) is 6.02. The molecule has 0 aliphatic rings. The summed E-state index contributed by atoms with van der Waals surface area (Å²) < 4.78 is 11.8. The molecule has 3 aromatic carbocycles. The number of ether oxygens (including phenoxy) is 2. The fourth-order valence-electron chi connectivity index (χ4n) is 2.52. The lowest BCUT2D eigenvalue weighted by Crippen LogP contribution is -2.07. The van der Waals surface area contributed by atoms with Gasteiger partial charge in [0.25, 0.3) is 0 Å². The lowest BCUT2D eigenvalue weighted by molar-refractivity contribution is -0.111. The molecule has 0 aliphatic carbocycles. The number of hydrogen-bond donors (Lipinski definition) is 1. The van der Waals surface area contributed by atoms with E-state index in [9.17, 15) is 4.79 Å². The van der Waals surface area contributed by atoms with Gasteiger partial charge in [-0.25, -0.2) is 0 Å². The molecule has 142 valence electrons. The zero-order valence-electron chi connectivity index (χ0n) is 15.4. The molecule has 3 aromatic rings. The Hall–Kier alpha value is -3.05. The van der Waals surface area contributed by atoms with Gasteiger partial charge in [0, 0.05) is 11.8 Å². The quantitative estimate of drug-likeness (QED) is 0.483. The van der Waals surface area contributed by atoms with Crippen LogP contribution in [0.5, 0.6) is 11.5 Å². The molecule has 4 nitrogen and oxygen atoms in total. The van der Waals surface area contributed by atoms with Crippen molar-refractivity contribution in [1.82, 2.24) is 0 Å². The molecule has 3 rings (SSSR count). The highest BCUT2D eigenvalue weighted by Crippen LogP contribution is 2.26. The Morgan fingerprint density at radius 1 is 1.04 bits per heavy atom. The average molecular weight is 438 g/mol. The Morgan fingerprint density at radius 2 is 1.79 bits per heavy atom. The molecule has 0 aromatic heterocycles. The number of benzene rings is 3. The number of anilines is 1. The van der Waals surface area contributed by atoms with Crippen LogP contribution in [0.1, 0.15) is 11.1 Å². The van der Waals surface area contributed by atoms with Gasteiger partial charge in [0.1, 0.15) is 18.1 Å². The third-order valence-electron chi connectivity index (χ3n) is 3.97. The zero-order chi connectivity index (χ0) is 19.8. The largest absolute Gasteiger partial charge is 0.496 e. The summed E-state index contributed by atoms with van der Waals surface area (Å²) in [6.45, 7) is 0.507. The molecular formula is C23H20BrNO3. The van der Waals surface area contributed by atoms with Crippen LogP contribution >= 0.6 is 15.9 Å². The van der Waals surface area contributed by atoms with E-state index in [2.05, 4.69) is 21.2 Å². The van der Waals surface area contributed by atoms with Gasteiger partial charge >= 0.3 is 0 Å². The summed E-state index contributed by atoms with van der Waals surface area (Å²) in [7, 11) is 1.61. The van der Waals surface area contributed by atoms with Crippen molar-refractivity contribution in [3.05, 3.63) is 94.5 Å². The van der Waals surface area contributed by atoms with Crippen molar-refractivity contribution in [3.8, 4) is 11.5 Å². The molecule has 0 aliphatic heterocycles. The molecule has 1 amide bonds. The van der Waals surface area contributed by atoms with Crippen molar-refractivity contribution >= 4 is 33.6 Å². The minimum absolute atomic E-state index is 0.204. The topological polar surface area (TPSA) is 47.6 Å². The highest BCUT2D eigenvalue weighted by atomic mass is 79.9. The predicted octanol–water partition coefficient (Wildman–Crippen LogP) is 5.69. The summed E-state index contributed by atoms with van der Waals surface area (Å²) in [4.78, 5) is 12.1. The molecule has 0 saturated heterocycles. The Morgan fingerprint density at radius 3 is 2.46 bits per heavy atom. The summed E-state index contributed by atoms with van der Waals surface area (Å²) in [6.07, 6.45) is 3.24. The first-order valence-electron chi connectivity index (χ1n) is 8.73. The molecule has 0 atom stereocenters. The number of carbonyl (C=O) groups excluding carboxylic acids is 1. The number of rotatable bonds is 7. The van der Waals surface area contributed by atoms with Gasteiger partial charge in [-0.05, 0) is 69.5 Å². The van der Waals surface area contributed by atoms with Crippen LogP contribution in [0.4, 0.5) is 5.69 Å². The molecule has 0 heterocycles. The number of carbonyl (C=O) groups is 1. The van der Waals surface area contributed by atoms with Gasteiger partial charge in [0.05, 0.1) is 11.6 Å². The molecule has 0 fully saturated rings. The van der Waals surface area contributed by atoms with Crippen molar-refractivity contribution < 1.29 is 14.3 Å². The van der Waals surface area contributed by atoms with Gasteiger partial charge in [-0.3, -0.25) is 4.79 Å². The monoisotopic (exact) mass is 437 g/mol. The Bertz CT molecular complexity index is 953. The minimum atomic E-state index is -0.204. The summed E-state index contributed by atoms with van der Waals surface area (Å²) >= 11 is 3.43. The van der Waals surface area contributed by atoms with Crippen LogP contribution in [0.3, 0.4) is 0 Å². The van der Waals surface area contributed by atoms with Crippen molar-refractivity contribution in [3.63, 3.8) is 0 Å². The number of halogens is 1. The van der Waals surface area contributed by atoms with E-state index >= 15 is 0 Å². The van der Waals surface area contributed by atoms with Gasteiger partial charge in [-0.2, -0.15) is 0 Å². The fourth-order valence-corrected chi connectivity index (χ4v) is 3.08. The summed E-state index contributed by atoms with van der Waals surface area (Å²) in [5, 5.41) is 2.83. The lowest BCUT2D eigenvalue weighted by Gasteiger charge is -2.08. The molecule has 1 N–H and O–H groups in total. The van der Waals surface area contributed by atoms with Gasteiger partial charge in [0.15, 0.2) is 0 Å². The first kappa shape index (κ1) is 19.7. The van der Waals surface area contributed by atoms with Crippen LogP contribution in [0.25, 0.3) is 6.08 Å². The SMILES string of the molecule is COc1ccc(/C=C/C(=O)Nc2ccc(OCc3ccccc3)cc2)cc1Br. The normalized spacial score (nSPS) is 10.6. The maximum atomic E-state index is 12.1. The van der Waals surface area contributed by atoms with Crippen LogP contribution in [0, 0.1) is 0 Å². The lowest BCUT2D eigenvalue weighted by atomic mass is 10.2. The minimum Gasteiger partial charge on any atom is -0.496 e. The predicted molar refractivity (Wildman–Crippen MR) is 116 cm³/mol. The second kappa shape index (κ2) is 9.76. The van der Waals surface area contributed by atoms with Crippen LogP contribution in [0.15, 0.2) is 83.3 Å². The van der Waals surface area contributed by atoms with Crippen molar-refractivity contribution in [2.45, 2.75) is 6.61 Å². The maximum Gasteiger partial charge on any atom is 0.248 e. The van der Waals surface area contributed by atoms with E-state index in [1.807, 2.05) is 72.8 Å². The third-order valence-corrected chi connectivity index (χ3v) is 4.59. The van der Waals surface area contributed by atoms with Crippen LogP contribution in [-0.4, -0.2) is 13.0 Å². The van der Waals surface area contributed by atoms with E-state index < -0.39 is 0 Å².